The Morgan fingerprint density at radius 2 is 1.34 bits per heavy atom. The molecular formula is C44H72O17. The fourth-order valence-corrected chi connectivity index (χ4v) is 14.3. The van der Waals surface area contributed by atoms with Crippen molar-refractivity contribution in [3.05, 3.63) is 0 Å². The molecule has 0 aromatic rings. The van der Waals surface area contributed by atoms with Gasteiger partial charge in [-0.15, -0.1) is 0 Å². The molecule has 1 spiro atoms. The minimum atomic E-state index is -1.81. The van der Waals surface area contributed by atoms with Crippen molar-refractivity contribution >= 4 is 0 Å². The van der Waals surface area contributed by atoms with E-state index in [-0.39, 0.29) is 29.6 Å². The van der Waals surface area contributed by atoms with Crippen molar-refractivity contribution < 1.29 is 83.9 Å². The van der Waals surface area contributed by atoms with E-state index in [9.17, 15) is 46.0 Å². The molecule has 9 fully saturated rings. The van der Waals surface area contributed by atoms with Gasteiger partial charge in [0.25, 0.3) is 0 Å². The summed E-state index contributed by atoms with van der Waals surface area (Å²) >= 11 is 0. The molecule has 5 saturated heterocycles. The molecule has 5 aliphatic heterocycles. The van der Waals surface area contributed by atoms with E-state index in [0.29, 0.717) is 41.4 Å². The maximum atomic E-state index is 11.6. The Bertz CT molecular complexity index is 1520. The topological polar surface area (TPSA) is 256 Å². The van der Waals surface area contributed by atoms with Gasteiger partial charge >= 0.3 is 0 Å². The van der Waals surface area contributed by atoms with Crippen LogP contribution in [0.25, 0.3) is 0 Å². The summed E-state index contributed by atoms with van der Waals surface area (Å²) in [4.78, 5) is 0. The summed E-state index contributed by atoms with van der Waals surface area (Å²) in [5, 5.41) is 94.9. The first-order valence-electron chi connectivity index (χ1n) is 23.2. The van der Waals surface area contributed by atoms with Gasteiger partial charge in [0.05, 0.1) is 38.6 Å². The molecule has 0 amide bonds. The highest BCUT2D eigenvalue weighted by Gasteiger charge is 2.69. The molecule has 0 aromatic carbocycles. The molecule has 61 heavy (non-hydrogen) atoms. The molecule has 0 aromatic heterocycles. The van der Waals surface area contributed by atoms with Gasteiger partial charge in [-0.2, -0.15) is 0 Å². The normalized spacial score (nSPS) is 58.5. The fourth-order valence-electron chi connectivity index (χ4n) is 14.3. The zero-order chi connectivity index (χ0) is 43.3. The van der Waals surface area contributed by atoms with Crippen molar-refractivity contribution in [1.29, 1.82) is 0 Å². The van der Waals surface area contributed by atoms with Crippen molar-refractivity contribution in [2.45, 2.75) is 196 Å². The first-order valence-corrected chi connectivity index (χ1v) is 23.2. The number of aliphatic hydroxyl groups excluding tert-OH is 9. The fraction of sp³-hybridized carbons (Fsp3) is 1.00. The monoisotopic (exact) mass is 872 g/mol. The Morgan fingerprint density at radius 3 is 2.08 bits per heavy atom. The number of hydrogen-bond acceptors (Lipinski definition) is 17. The third-order valence-electron chi connectivity index (χ3n) is 17.9. The Kier molecular flexibility index (Phi) is 12.8. The first-order chi connectivity index (χ1) is 29.0. The molecule has 0 radical (unpaired) electrons. The molecule has 0 unspecified atom stereocenters. The molecule has 5 heterocycles. The largest absolute Gasteiger partial charge is 0.394 e. The van der Waals surface area contributed by atoms with E-state index in [1.165, 1.54) is 12.8 Å². The van der Waals surface area contributed by atoms with Crippen molar-refractivity contribution in [2.24, 2.45) is 52.3 Å². The molecule has 4 saturated carbocycles. The van der Waals surface area contributed by atoms with Crippen molar-refractivity contribution in [3.8, 4) is 0 Å². The molecule has 9 rings (SSSR count). The summed E-state index contributed by atoms with van der Waals surface area (Å²) in [5.41, 5.74) is 0.357. The summed E-state index contributed by atoms with van der Waals surface area (Å²) in [6.07, 6.45) is -11.2. The molecule has 0 bridgehead atoms. The van der Waals surface area contributed by atoms with Crippen molar-refractivity contribution in [3.63, 3.8) is 0 Å². The third kappa shape index (κ3) is 7.68. The summed E-state index contributed by atoms with van der Waals surface area (Å²) in [7, 11) is 0. The molecular weight excluding hydrogens is 800 g/mol. The maximum absolute atomic E-state index is 11.6. The Labute approximate surface area is 357 Å². The van der Waals surface area contributed by atoms with E-state index >= 15 is 0 Å². The minimum absolute atomic E-state index is 0.128. The van der Waals surface area contributed by atoms with Gasteiger partial charge < -0.3 is 83.9 Å². The lowest BCUT2D eigenvalue weighted by molar-refractivity contribution is -0.369. The number of fused-ring (bicyclic) bond motifs is 7. The van der Waals surface area contributed by atoms with Crippen LogP contribution in [0.5, 0.6) is 0 Å². The molecule has 9 aliphatic rings. The van der Waals surface area contributed by atoms with Gasteiger partial charge in [-0.1, -0.05) is 27.7 Å². The smallest absolute Gasteiger partial charge is 0.187 e. The van der Waals surface area contributed by atoms with Crippen LogP contribution in [0.2, 0.25) is 0 Å². The van der Waals surface area contributed by atoms with Crippen molar-refractivity contribution in [2.75, 3.05) is 26.4 Å². The van der Waals surface area contributed by atoms with Crippen LogP contribution in [0.15, 0.2) is 0 Å². The molecule has 4 aliphatic carbocycles. The summed E-state index contributed by atoms with van der Waals surface area (Å²) in [5.74, 6) is 3.28. The van der Waals surface area contributed by atoms with Gasteiger partial charge in [0, 0.05) is 12.3 Å². The van der Waals surface area contributed by atoms with Crippen LogP contribution in [0.1, 0.15) is 91.9 Å². The van der Waals surface area contributed by atoms with Crippen molar-refractivity contribution in [1.82, 2.24) is 0 Å². The average molecular weight is 873 g/mol. The zero-order valence-electron chi connectivity index (χ0n) is 36.0. The third-order valence-corrected chi connectivity index (χ3v) is 17.9. The second-order valence-corrected chi connectivity index (χ2v) is 21.1. The Morgan fingerprint density at radius 1 is 0.639 bits per heavy atom. The number of aliphatic hydroxyl groups is 9. The van der Waals surface area contributed by atoms with Gasteiger partial charge in [0.1, 0.15) is 67.1 Å². The van der Waals surface area contributed by atoms with Crippen LogP contribution < -0.4 is 0 Å². The number of rotatable bonds is 8. The van der Waals surface area contributed by atoms with Crippen LogP contribution in [-0.4, -0.2) is 176 Å². The number of ether oxygens (including phenoxy) is 8. The van der Waals surface area contributed by atoms with Gasteiger partial charge in [0.15, 0.2) is 24.7 Å². The number of hydrogen-bond donors (Lipinski definition) is 9. The zero-order valence-corrected chi connectivity index (χ0v) is 36.0. The predicted molar refractivity (Wildman–Crippen MR) is 210 cm³/mol. The molecule has 17 heteroatoms. The van der Waals surface area contributed by atoms with E-state index in [1.807, 2.05) is 0 Å². The molecule has 17 nitrogen and oxygen atoms in total. The Hall–Kier alpha value is -0.680. The lowest BCUT2D eigenvalue weighted by Gasteiger charge is -2.61. The maximum Gasteiger partial charge on any atom is 0.187 e. The first kappa shape index (κ1) is 45.5. The predicted octanol–water partition coefficient (Wildman–Crippen LogP) is -0.0945. The van der Waals surface area contributed by atoms with E-state index < -0.39 is 105 Å². The average Bonchev–Trinajstić information content (AvgIpc) is 3.69. The quantitative estimate of drug-likeness (QED) is 0.145. The van der Waals surface area contributed by atoms with Gasteiger partial charge in [0.2, 0.25) is 0 Å². The molecule has 26 atom stereocenters. The second kappa shape index (κ2) is 17.2. The summed E-state index contributed by atoms with van der Waals surface area (Å²) in [6.45, 7) is 9.00. The van der Waals surface area contributed by atoms with Gasteiger partial charge in [-0.3, -0.25) is 0 Å². The van der Waals surface area contributed by atoms with E-state index in [2.05, 4.69) is 27.7 Å². The van der Waals surface area contributed by atoms with Crippen LogP contribution in [-0.2, 0) is 37.9 Å². The standard InChI is InChI=1S/C44H72O17/c1-19-7-12-44(56-16-19)20(2)30-27(61-44)14-25-23-6-5-21-13-22(8-10-42(21,3)24(23)9-11-43(25,30)4)57-40-37(53)34(50)38(60-41-36(52)33(49)32(48)28(15-45)58-41)29(59-40)18-55-39-35(51)31(47)26(46)17-54-39/h19-41,45-53H,5-18H2,1-4H3/t19-,20-,21+,22-,23+,24-,25-,26-,27-,28+,29+,30-,31-,32+,33-,34+,35+,36+,37+,38+,39-,40+,41-,42-,43-,44+/m0/s1. The van der Waals surface area contributed by atoms with Crippen LogP contribution in [0.4, 0.5) is 0 Å². The molecule has 350 valence electrons. The lowest BCUT2D eigenvalue weighted by atomic mass is 9.44. The second-order valence-electron chi connectivity index (χ2n) is 21.1. The van der Waals surface area contributed by atoms with Crippen LogP contribution in [0, 0.1) is 52.3 Å². The molecule has 9 N–H and O–H groups in total. The SMILES string of the molecule is C[C@H]1CC[C@@]2(OC1)O[C@H]1C[C@H]3[C@@H]4CC[C@@H]5C[C@@H](O[C@@H]6O[C@H](CO[C@@H]7OC[C@H](O)[C@H](O)[C@H]7O)[C@@H](O[C@@H]7O[C@H](CO)[C@@H](O)[C@H](O)[C@H]7O)[C@H](O)[C@H]6O)CC[C@]5(C)[C@H]4CC[C@]3(C)[C@H]1[C@@H]2C. The highest BCUT2D eigenvalue weighted by Crippen LogP contribution is 2.71. The van der Waals surface area contributed by atoms with Gasteiger partial charge in [-0.25, -0.2) is 0 Å². The van der Waals surface area contributed by atoms with Gasteiger partial charge in [-0.05, 0) is 104 Å². The highest BCUT2D eigenvalue weighted by atomic mass is 16.8. The minimum Gasteiger partial charge on any atom is -0.394 e. The highest BCUT2D eigenvalue weighted by molar-refractivity contribution is 5.15. The van der Waals surface area contributed by atoms with Crippen LogP contribution >= 0.6 is 0 Å². The van der Waals surface area contributed by atoms with E-state index in [1.54, 1.807) is 0 Å². The van der Waals surface area contributed by atoms with E-state index in [0.717, 1.165) is 58.0 Å². The summed E-state index contributed by atoms with van der Waals surface area (Å²) in [6, 6.07) is 0. The Balaban J connectivity index is 0.862. The van der Waals surface area contributed by atoms with Crippen LogP contribution in [0.3, 0.4) is 0 Å². The summed E-state index contributed by atoms with van der Waals surface area (Å²) < 4.78 is 49.0. The lowest BCUT2D eigenvalue weighted by Crippen LogP contribution is -2.65. The van der Waals surface area contributed by atoms with E-state index in [4.69, 9.17) is 37.9 Å².